The van der Waals surface area contributed by atoms with E-state index in [9.17, 15) is 0 Å². The van der Waals surface area contributed by atoms with E-state index in [4.69, 9.17) is 4.84 Å². The minimum atomic E-state index is 0.476. The van der Waals surface area contributed by atoms with Crippen molar-refractivity contribution in [1.29, 1.82) is 0 Å². The highest BCUT2D eigenvalue weighted by molar-refractivity contribution is 9.10. The SMILES string of the molecule is Brc1ccc2[nH]cc(/C=N/OCc3ccccc3)c2c1. The van der Waals surface area contributed by atoms with Crippen LogP contribution in [0.3, 0.4) is 0 Å². The highest BCUT2D eigenvalue weighted by atomic mass is 79.9. The molecular formula is C16H13BrN2O. The molecule has 0 saturated carbocycles. The Balaban J connectivity index is 1.70. The van der Waals surface area contributed by atoms with Gasteiger partial charge in [-0.25, -0.2) is 0 Å². The molecule has 1 heterocycles. The number of benzene rings is 2. The van der Waals surface area contributed by atoms with Gasteiger partial charge in [0, 0.05) is 27.1 Å². The van der Waals surface area contributed by atoms with Crippen LogP contribution >= 0.6 is 15.9 Å². The molecule has 100 valence electrons. The van der Waals surface area contributed by atoms with Gasteiger partial charge in [-0.2, -0.15) is 0 Å². The molecule has 0 saturated heterocycles. The molecule has 0 atom stereocenters. The van der Waals surface area contributed by atoms with Gasteiger partial charge >= 0.3 is 0 Å². The van der Waals surface area contributed by atoms with E-state index in [1.54, 1.807) is 6.21 Å². The van der Waals surface area contributed by atoms with Gasteiger partial charge in [-0.1, -0.05) is 51.4 Å². The summed E-state index contributed by atoms with van der Waals surface area (Å²) in [5.41, 5.74) is 3.19. The first kappa shape index (κ1) is 12.9. The standard InChI is InChI=1S/C16H13BrN2O/c17-14-6-7-16-15(8-14)13(9-18-16)10-19-20-11-12-4-2-1-3-5-12/h1-10,18H,11H2/b19-10+. The zero-order valence-electron chi connectivity index (χ0n) is 10.7. The van der Waals surface area contributed by atoms with E-state index in [1.165, 1.54) is 0 Å². The molecule has 20 heavy (non-hydrogen) atoms. The maximum Gasteiger partial charge on any atom is 0.142 e. The minimum Gasteiger partial charge on any atom is -0.391 e. The van der Waals surface area contributed by atoms with Crippen LogP contribution in [0.1, 0.15) is 11.1 Å². The van der Waals surface area contributed by atoms with Gasteiger partial charge < -0.3 is 9.82 Å². The number of hydrogen-bond donors (Lipinski definition) is 1. The molecule has 1 N–H and O–H groups in total. The third-order valence-electron chi connectivity index (χ3n) is 3.02. The van der Waals surface area contributed by atoms with E-state index < -0.39 is 0 Å². The number of rotatable bonds is 4. The molecular weight excluding hydrogens is 316 g/mol. The van der Waals surface area contributed by atoms with Crippen molar-refractivity contribution < 1.29 is 4.84 Å². The first-order chi connectivity index (χ1) is 9.83. The quantitative estimate of drug-likeness (QED) is 0.556. The summed E-state index contributed by atoms with van der Waals surface area (Å²) in [4.78, 5) is 8.52. The van der Waals surface area contributed by atoms with Crippen LogP contribution in [0.5, 0.6) is 0 Å². The molecule has 0 aliphatic rings. The third-order valence-corrected chi connectivity index (χ3v) is 3.51. The van der Waals surface area contributed by atoms with Gasteiger partial charge in [-0.15, -0.1) is 0 Å². The largest absolute Gasteiger partial charge is 0.391 e. The smallest absolute Gasteiger partial charge is 0.142 e. The van der Waals surface area contributed by atoms with E-state index >= 15 is 0 Å². The fourth-order valence-corrected chi connectivity index (χ4v) is 2.36. The summed E-state index contributed by atoms with van der Waals surface area (Å²) in [6, 6.07) is 16.1. The highest BCUT2D eigenvalue weighted by Gasteiger charge is 2.01. The molecule has 3 nitrogen and oxygen atoms in total. The molecule has 0 spiro atoms. The maximum absolute atomic E-state index is 5.32. The van der Waals surface area contributed by atoms with Crippen LogP contribution in [0.2, 0.25) is 0 Å². The zero-order chi connectivity index (χ0) is 13.8. The summed E-state index contributed by atoms with van der Waals surface area (Å²) in [6.07, 6.45) is 3.65. The lowest BCUT2D eigenvalue weighted by Crippen LogP contribution is -1.87. The Morgan fingerprint density at radius 2 is 2.00 bits per heavy atom. The van der Waals surface area contributed by atoms with Crippen molar-refractivity contribution in [3.05, 3.63) is 70.3 Å². The van der Waals surface area contributed by atoms with Crippen LogP contribution in [0, 0.1) is 0 Å². The van der Waals surface area contributed by atoms with Crippen molar-refractivity contribution in [3.8, 4) is 0 Å². The molecule has 0 unspecified atom stereocenters. The topological polar surface area (TPSA) is 37.4 Å². The fraction of sp³-hybridized carbons (Fsp3) is 0.0625. The average molecular weight is 329 g/mol. The van der Waals surface area contributed by atoms with Crippen molar-refractivity contribution in [3.63, 3.8) is 0 Å². The Labute approximate surface area is 125 Å². The van der Waals surface area contributed by atoms with Crippen LogP contribution in [0.25, 0.3) is 10.9 Å². The van der Waals surface area contributed by atoms with Crippen LogP contribution in [0.15, 0.2) is 64.4 Å². The Morgan fingerprint density at radius 1 is 1.15 bits per heavy atom. The normalized spacial score (nSPS) is 11.2. The number of hydrogen-bond acceptors (Lipinski definition) is 2. The van der Waals surface area contributed by atoms with Gasteiger partial charge in [0.2, 0.25) is 0 Å². The van der Waals surface area contributed by atoms with Gasteiger partial charge in [0.25, 0.3) is 0 Å². The number of H-pyrrole nitrogens is 1. The monoisotopic (exact) mass is 328 g/mol. The molecule has 3 rings (SSSR count). The summed E-state index contributed by atoms with van der Waals surface area (Å²) in [5.74, 6) is 0. The second-order valence-electron chi connectivity index (χ2n) is 4.43. The number of aromatic amines is 1. The second kappa shape index (κ2) is 5.92. The lowest BCUT2D eigenvalue weighted by Gasteiger charge is -1.98. The van der Waals surface area contributed by atoms with Gasteiger partial charge in [0.1, 0.15) is 6.61 Å². The number of oxime groups is 1. The maximum atomic E-state index is 5.32. The van der Waals surface area contributed by atoms with Crippen LogP contribution in [-0.4, -0.2) is 11.2 Å². The lowest BCUT2D eigenvalue weighted by molar-refractivity contribution is 0.132. The Bertz CT molecular complexity index is 735. The van der Waals surface area contributed by atoms with Crippen molar-refractivity contribution in [2.24, 2.45) is 5.16 Å². The minimum absolute atomic E-state index is 0.476. The molecule has 0 amide bonds. The van der Waals surface area contributed by atoms with E-state index in [-0.39, 0.29) is 0 Å². The lowest BCUT2D eigenvalue weighted by atomic mass is 10.2. The second-order valence-corrected chi connectivity index (χ2v) is 5.34. The van der Waals surface area contributed by atoms with Crippen LogP contribution in [0.4, 0.5) is 0 Å². The van der Waals surface area contributed by atoms with Crippen molar-refractivity contribution in [2.75, 3.05) is 0 Å². The molecule has 4 heteroatoms. The summed E-state index contributed by atoms with van der Waals surface area (Å²) >= 11 is 3.47. The zero-order valence-corrected chi connectivity index (χ0v) is 12.3. The Morgan fingerprint density at radius 3 is 2.85 bits per heavy atom. The summed E-state index contributed by atoms with van der Waals surface area (Å²) < 4.78 is 1.05. The van der Waals surface area contributed by atoms with Crippen molar-refractivity contribution >= 4 is 33.0 Å². The number of nitrogens with zero attached hydrogens (tertiary/aromatic N) is 1. The molecule has 0 aliphatic heterocycles. The van der Waals surface area contributed by atoms with E-state index in [0.29, 0.717) is 6.61 Å². The summed E-state index contributed by atoms with van der Waals surface area (Å²) in [6.45, 7) is 0.476. The third kappa shape index (κ3) is 2.91. The van der Waals surface area contributed by atoms with Crippen LogP contribution < -0.4 is 0 Å². The van der Waals surface area contributed by atoms with Crippen molar-refractivity contribution in [1.82, 2.24) is 4.98 Å². The first-order valence-corrected chi connectivity index (χ1v) is 7.08. The number of aromatic nitrogens is 1. The van der Waals surface area contributed by atoms with Gasteiger partial charge in [0.05, 0.1) is 6.21 Å². The Kier molecular flexibility index (Phi) is 3.83. The van der Waals surface area contributed by atoms with Gasteiger partial charge in [-0.05, 0) is 23.8 Å². The summed E-state index contributed by atoms with van der Waals surface area (Å²) in [7, 11) is 0. The summed E-state index contributed by atoms with van der Waals surface area (Å²) in [5, 5.41) is 5.15. The molecule has 2 aromatic carbocycles. The number of halogens is 1. The van der Waals surface area contributed by atoms with E-state index in [2.05, 4.69) is 32.1 Å². The van der Waals surface area contributed by atoms with E-state index in [0.717, 1.165) is 26.5 Å². The van der Waals surface area contributed by atoms with E-state index in [1.807, 2.05) is 48.7 Å². The molecule has 3 aromatic rings. The number of fused-ring (bicyclic) bond motifs is 1. The van der Waals surface area contributed by atoms with Gasteiger partial charge in [-0.3, -0.25) is 0 Å². The van der Waals surface area contributed by atoms with Crippen LogP contribution in [-0.2, 0) is 11.4 Å². The predicted octanol–water partition coefficient (Wildman–Crippen LogP) is 4.48. The molecule has 1 aromatic heterocycles. The predicted molar refractivity (Wildman–Crippen MR) is 84.8 cm³/mol. The highest BCUT2D eigenvalue weighted by Crippen LogP contribution is 2.21. The molecule has 0 aliphatic carbocycles. The van der Waals surface area contributed by atoms with Crippen molar-refractivity contribution in [2.45, 2.75) is 6.61 Å². The fourth-order valence-electron chi connectivity index (χ4n) is 2.00. The first-order valence-electron chi connectivity index (χ1n) is 6.29. The molecule has 0 fully saturated rings. The molecule has 0 radical (unpaired) electrons. The average Bonchev–Trinajstić information content (AvgIpc) is 2.87. The Hall–Kier alpha value is -2.07. The number of nitrogens with one attached hydrogen (secondary N) is 1. The van der Waals surface area contributed by atoms with Gasteiger partial charge in [0.15, 0.2) is 0 Å². The molecule has 0 bridgehead atoms.